The van der Waals surface area contributed by atoms with Gasteiger partial charge < -0.3 is 15.2 Å². The van der Waals surface area contributed by atoms with Gasteiger partial charge in [0.2, 0.25) is 0 Å². The molecular weight excluding hydrogens is 242 g/mol. The summed E-state index contributed by atoms with van der Waals surface area (Å²) in [6.45, 7) is 1.49. The summed E-state index contributed by atoms with van der Waals surface area (Å²) in [5, 5.41) is 12.4. The molecule has 0 radical (unpaired) electrons. The Balaban J connectivity index is 1.56. The number of nitrogens with one attached hydrogen (secondary N) is 1. The topological polar surface area (TPSA) is 58.6 Å². The third kappa shape index (κ3) is 2.32. The zero-order chi connectivity index (χ0) is 13.3. The van der Waals surface area contributed by atoms with Crippen molar-refractivity contribution in [3.63, 3.8) is 0 Å². The molecule has 102 valence electrons. The highest BCUT2D eigenvalue weighted by molar-refractivity contribution is 5.79. The first-order chi connectivity index (χ1) is 9.20. The fraction of sp³-hybridized carbons (Fsp3) is 0.533. The summed E-state index contributed by atoms with van der Waals surface area (Å²) in [7, 11) is 0. The van der Waals surface area contributed by atoms with Crippen LogP contribution >= 0.6 is 0 Å². The molecule has 0 spiro atoms. The number of hydrogen-bond donors (Lipinski definition) is 2. The van der Waals surface area contributed by atoms with Gasteiger partial charge in [-0.15, -0.1) is 0 Å². The van der Waals surface area contributed by atoms with E-state index in [1.54, 1.807) is 0 Å². The Hall–Kier alpha value is -1.55. The molecule has 3 rings (SSSR count). The van der Waals surface area contributed by atoms with Gasteiger partial charge >= 0.3 is 5.97 Å². The molecule has 1 aromatic carbocycles. The van der Waals surface area contributed by atoms with Gasteiger partial charge in [0.15, 0.2) is 0 Å². The van der Waals surface area contributed by atoms with Crippen LogP contribution in [0.3, 0.4) is 0 Å². The predicted molar refractivity (Wildman–Crippen MR) is 71.6 cm³/mol. The molecule has 0 saturated heterocycles. The number of hydrogen-bond acceptors (Lipinski definition) is 3. The Kier molecular flexibility index (Phi) is 3.19. The second-order valence-electron chi connectivity index (χ2n) is 5.46. The van der Waals surface area contributed by atoms with Crippen molar-refractivity contribution in [3.05, 3.63) is 29.3 Å². The smallest absolute Gasteiger partial charge is 0.323 e. The highest BCUT2D eigenvalue weighted by atomic mass is 16.5. The molecule has 4 heteroatoms. The number of carboxylic acid groups (broad SMARTS) is 1. The van der Waals surface area contributed by atoms with E-state index < -0.39 is 11.5 Å². The molecular formula is C15H19NO3. The lowest BCUT2D eigenvalue weighted by Gasteiger charge is -2.38. The van der Waals surface area contributed by atoms with E-state index in [9.17, 15) is 9.90 Å². The van der Waals surface area contributed by atoms with Crippen LogP contribution in [0, 0.1) is 0 Å². The van der Waals surface area contributed by atoms with Crippen molar-refractivity contribution in [1.82, 2.24) is 5.32 Å². The molecule has 0 unspecified atom stereocenters. The summed E-state index contributed by atoms with van der Waals surface area (Å²) in [6.07, 6.45) is 4.36. The summed E-state index contributed by atoms with van der Waals surface area (Å²) in [4.78, 5) is 11.2. The lowest BCUT2D eigenvalue weighted by atomic mass is 9.76. The molecule has 1 aliphatic heterocycles. The Morgan fingerprint density at radius 2 is 2.26 bits per heavy atom. The number of carbonyl (C=O) groups is 1. The van der Waals surface area contributed by atoms with E-state index in [0.29, 0.717) is 6.54 Å². The third-order valence-corrected chi connectivity index (χ3v) is 4.25. The molecule has 0 amide bonds. The quantitative estimate of drug-likeness (QED) is 0.848. The molecule has 0 aromatic heterocycles. The second kappa shape index (κ2) is 4.85. The number of benzene rings is 1. The van der Waals surface area contributed by atoms with E-state index in [0.717, 1.165) is 44.5 Å². The summed E-state index contributed by atoms with van der Waals surface area (Å²) in [6, 6.07) is 6.27. The molecule has 0 atom stereocenters. The van der Waals surface area contributed by atoms with Gasteiger partial charge in [0.05, 0.1) is 6.61 Å². The molecule has 1 heterocycles. The number of rotatable bonds is 5. The van der Waals surface area contributed by atoms with Crippen LogP contribution in [0.25, 0.3) is 0 Å². The van der Waals surface area contributed by atoms with Crippen molar-refractivity contribution in [2.24, 2.45) is 0 Å². The summed E-state index contributed by atoms with van der Waals surface area (Å²) >= 11 is 0. The third-order valence-electron chi connectivity index (χ3n) is 4.25. The van der Waals surface area contributed by atoms with Crippen molar-refractivity contribution < 1.29 is 14.6 Å². The van der Waals surface area contributed by atoms with E-state index in [1.807, 2.05) is 6.07 Å². The SMILES string of the molecule is O=C(O)C1(NCCc2ccc3c(c2)CCO3)CCC1. The fourth-order valence-electron chi connectivity index (χ4n) is 2.84. The minimum Gasteiger partial charge on any atom is -0.493 e. The van der Waals surface area contributed by atoms with Gasteiger partial charge in [-0.2, -0.15) is 0 Å². The molecule has 1 aliphatic carbocycles. The Morgan fingerprint density at radius 1 is 1.42 bits per heavy atom. The van der Waals surface area contributed by atoms with Crippen LogP contribution in [-0.2, 0) is 17.6 Å². The Bertz CT molecular complexity index is 494. The van der Waals surface area contributed by atoms with E-state index in [2.05, 4.69) is 17.4 Å². The molecule has 0 bridgehead atoms. The molecule has 1 fully saturated rings. The van der Waals surface area contributed by atoms with Gasteiger partial charge in [-0.1, -0.05) is 12.1 Å². The lowest BCUT2D eigenvalue weighted by Crippen LogP contribution is -2.57. The van der Waals surface area contributed by atoms with E-state index in [4.69, 9.17) is 4.74 Å². The zero-order valence-corrected chi connectivity index (χ0v) is 10.9. The second-order valence-corrected chi connectivity index (χ2v) is 5.46. The zero-order valence-electron chi connectivity index (χ0n) is 10.9. The van der Waals surface area contributed by atoms with E-state index in [-0.39, 0.29) is 0 Å². The maximum absolute atomic E-state index is 11.2. The number of ether oxygens (including phenoxy) is 1. The highest BCUT2D eigenvalue weighted by Crippen LogP contribution is 2.32. The van der Waals surface area contributed by atoms with E-state index >= 15 is 0 Å². The summed E-state index contributed by atoms with van der Waals surface area (Å²) in [5.41, 5.74) is 1.87. The van der Waals surface area contributed by atoms with Gasteiger partial charge in [0, 0.05) is 13.0 Å². The van der Waals surface area contributed by atoms with Gasteiger partial charge in [-0.3, -0.25) is 4.79 Å². The normalized spacial score (nSPS) is 19.4. The van der Waals surface area contributed by atoms with Crippen LogP contribution in [0.15, 0.2) is 18.2 Å². The van der Waals surface area contributed by atoms with Crippen LogP contribution in [0.5, 0.6) is 5.75 Å². The van der Waals surface area contributed by atoms with Crippen LogP contribution in [0.1, 0.15) is 30.4 Å². The van der Waals surface area contributed by atoms with E-state index in [1.165, 1.54) is 11.1 Å². The molecule has 2 N–H and O–H groups in total. The number of fused-ring (bicyclic) bond motifs is 1. The molecule has 2 aliphatic rings. The summed E-state index contributed by atoms with van der Waals surface area (Å²) in [5.74, 6) is 0.291. The van der Waals surface area contributed by atoms with Crippen LogP contribution in [0.2, 0.25) is 0 Å². The van der Waals surface area contributed by atoms with Crippen molar-refractivity contribution in [2.45, 2.75) is 37.6 Å². The van der Waals surface area contributed by atoms with Crippen molar-refractivity contribution in [1.29, 1.82) is 0 Å². The van der Waals surface area contributed by atoms with Crippen LogP contribution in [0.4, 0.5) is 0 Å². The van der Waals surface area contributed by atoms with Crippen molar-refractivity contribution >= 4 is 5.97 Å². The molecule has 19 heavy (non-hydrogen) atoms. The monoisotopic (exact) mass is 261 g/mol. The molecule has 1 saturated carbocycles. The fourth-order valence-corrected chi connectivity index (χ4v) is 2.84. The predicted octanol–water partition coefficient (Wildman–Crippen LogP) is 1.76. The molecule has 4 nitrogen and oxygen atoms in total. The number of carboxylic acids is 1. The minimum absolute atomic E-state index is 0.653. The maximum atomic E-state index is 11.2. The average Bonchev–Trinajstić information content (AvgIpc) is 2.79. The van der Waals surface area contributed by atoms with Gasteiger partial charge in [-0.05, 0) is 42.9 Å². The Labute approximate surface area is 112 Å². The minimum atomic E-state index is -0.707. The highest BCUT2D eigenvalue weighted by Gasteiger charge is 2.43. The first-order valence-corrected chi connectivity index (χ1v) is 6.93. The van der Waals surface area contributed by atoms with Crippen LogP contribution < -0.4 is 10.1 Å². The average molecular weight is 261 g/mol. The largest absolute Gasteiger partial charge is 0.493 e. The lowest BCUT2D eigenvalue weighted by molar-refractivity contribution is -0.148. The van der Waals surface area contributed by atoms with Gasteiger partial charge in [0.25, 0.3) is 0 Å². The van der Waals surface area contributed by atoms with Crippen molar-refractivity contribution in [2.75, 3.05) is 13.2 Å². The van der Waals surface area contributed by atoms with Crippen LogP contribution in [-0.4, -0.2) is 29.8 Å². The van der Waals surface area contributed by atoms with Gasteiger partial charge in [0.1, 0.15) is 11.3 Å². The van der Waals surface area contributed by atoms with Crippen molar-refractivity contribution in [3.8, 4) is 5.75 Å². The summed E-state index contributed by atoms with van der Waals surface area (Å²) < 4.78 is 5.48. The number of aliphatic carboxylic acids is 1. The Morgan fingerprint density at radius 3 is 2.95 bits per heavy atom. The maximum Gasteiger partial charge on any atom is 0.323 e. The first kappa shape index (κ1) is 12.5. The first-order valence-electron chi connectivity index (χ1n) is 6.93. The van der Waals surface area contributed by atoms with Gasteiger partial charge in [-0.25, -0.2) is 0 Å². The molecule has 1 aromatic rings. The standard InChI is InChI=1S/C15H19NO3/c17-14(18)15(6-1-7-15)16-8-4-11-2-3-13-12(10-11)5-9-19-13/h2-3,10,16H,1,4-9H2,(H,17,18).